The molecule has 4 nitrogen and oxygen atoms in total. The second-order valence-corrected chi connectivity index (χ2v) is 4.50. The fourth-order valence-corrected chi connectivity index (χ4v) is 2.14. The summed E-state index contributed by atoms with van der Waals surface area (Å²) >= 11 is 1.54. The lowest BCUT2D eigenvalue weighted by Gasteiger charge is -2.12. The SMILES string of the molecule is COC(CSc1nc(C)c(C)c(C)n1)OC. The van der Waals surface area contributed by atoms with Gasteiger partial charge in [0.05, 0.1) is 5.75 Å². The Morgan fingerprint density at radius 1 is 1.06 bits per heavy atom. The lowest BCUT2D eigenvalue weighted by Crippen LogP contribution is -2.16. The van der Waals surface area contributed by atoms with Crippen LogP contribution in [0.15, 0.2) is 5.16 Å². The fraction of sp³-hybridized carbons (Fsp3) is 0.636. The summed E-state index contributed by atoms with van der Waals surface area (Å²) in [7, 11) is 3.25. The van der Waals surface area contributed by atoms with Crippen LogP contribution in [-0.4, -0.2) is 36.2 Å². The molecule has 1 aromatic rings. The van der Waals surface area contributed by atoms with Crippen molar-refractivity contribution in [3.8, 4) is 0 Å². The highest BCUT2D eigenvalue weighted by Crippen LogP contribution is 2.18. The molecular weight excluding hydrogens is 224 g/mol. The fourth-order valence-electron chi connectivity index (χ4n) is 1.18. The van der Waals surface area contributed by atoms with Gasteiger partial charge in [0, 0.05) is 25.6 Å². The first kappa shape index (κ1) is 13.4. The first-order valence-corrected chi connectivity index (χ1v) is 6.07. The highest BCUT2D eigenvalue weighted by molar-refractivity contribution is 7.99. The van der Waals surface area contributed by atoms with E-state index in [0.29, 0.717) is 5.75 Å². The van der Waals surface area contributed by atoms with E-state index in [1.54, 1.807) is 26.0 Å². The molecule has 0 N–H and O–H groups in total. The Kier molecular flexibility index (Phi) is 5.18. The molecule has 0 saturated heterocycles. The van der Waals surface area contributed by atoms with Crippen LogP contribution in [0.25, 0.3) is 0 Å². The van der Waals surface area contributed by atoms with E-state index in [2.05, 4.69) is 9.97 Å². The average Bonchev–Trinajstić information content (AvgIpc) is 2.27. The molecule has 0 atom stereocenters. The minimum absolute atomic E-state index is 0.212. The van der Waals surface area contributed by atoms with E-state index in [1.165, 1.54) is 0 Å². The zero-order valence-corrected chi connectivity index (χ0v) is 11.2. The van der Waals surface area contributed by atoms with Gasteiger partial charge in [-0.05, 0) is 26.3 Å². The Bertz CT molecular complexity index is 331. The van der Waals surface area contributed by atoms with Crippen molar-refractivity contribution in [2.75, 3.05) is 20.0 Å². The van der Waals surface area contributed by atoms with Crippen LogP contribution < -0.4 is 0 Å². The van der Waals surface area contributed by atoms with Crippen molar-refractivity contribution >= 4 is 11.8 Å². The second kappa shape index (κ2) is 6.18. The lowest BCUT2D eigenvalue weighted by atomic mass is 10.2. The second-order valence-electron chi connectivity index (χ2n) is 3.51. The number of thioether (sulfide) groups is 1. The third kappa shape index (κ3) is 3.43. The standard InChI is InChI=1S/C11H18N2O2S/c1-7-8(2)12-11(13-9(7)3)16-6-10(14-4)15-5/h10H,6H2,1-5H3. The molecule has 0 aromatic carbocycles. The molecule has 1 heterocycles. The number of aryl methyl sites for hydroxylation is 2. The Morgan fingerprint density at radius 3 is 2.00 bits per heavy atom. The van der Waals surface area contributed by atoms with E-state index in [4.69, 9.17) is 9.47 Å². The van der Waals surface area contributed by atoms with Crippen LogP contribution in [-0.2, 0) is 9.47 Å². The van der Waals surface area contributed by atoms with Crippen molar-refractivity contribution in [1.82, 2.24) is 9.97 Å². The summed E-state index contributed by atoms with van der Waals surface area (Å²) in [5.41, 5.74) is 3.21. The molecule has 0 radical (unpaired) electrons. The van der Waals surface area contributed by atoms with Gasteiger partial charge >= 0.3 is 0 Å². The smallest absolute Gasteiger partial charge is 0.188 e. The number of rotatable bonds is 5. The van der Waals surface area contributed by atoms with Crippen LogP contribution in [0.5, 0.6) is 0 Å². The topological polar surface area (TPSA) is 44.2 Å². The number of aromatic nitrogens is 2. The minimum Gasteiger partial charge on any atom is -0.355 e. The molecule has 0 spiro atoms. The number of methoxy groups -OCH3 is 2. The predicted molar refractivity (Wildman–Crippen MR) is 64.8 cm³/mol. The molecule has 0 fully saturated rings. The van der Waals surface area contributed by atoms with Crippen molar-refractivity contribution in [2.45, 2.75) is 32.2 Å². The molecule has 0 amide bonds. The number of ether oxygens (including phenoxy) is 2. The van der Waals surface area contributed by atoms with E-state index >= 15 is 0 Å². The Labute approximate surface area is 101 Å². The Balaban J connectivity index is 2.68. The van der Waals surface area contributed by atoms with E-state index in [9.17, 15) is 0 Å². The summed E-state index contributed by atoms with van der Waals surface area (Å²) in [5.74, 6) is 0.689. The summed E-state index contributed by atoms with van der Waals surface area (Å²) in [6.07, 6.45) is -0.212. The Hall–Kier alpha value is -0.650. The van der Waals surface area contributed by atoms with Crippen molar-refractivity contribution < 1.29 is 9.47 Å². The summed E-state index contributed by atoms with van der Waals surface area (Å²) < 4.78 is 10.2. The Morgan fingerprint density at radius 2 is 1.56 bits per heavy atom. The van der Waals surface area contributed by atoms with Crippen LogP contribution >= 0.6 is 11.8 Å². The zero-order valence-electron chi connectivity index (χ0n) is 10.4. The van der Waals surface area contributed by atoms with Gasteiger partial charge in [0.25, 0.3) is 0 Å². The zero-order chi connectivity index (χ0) is 12.1. The molecule has 0 unspecified atom stereocenters. The molecule has 90 valence electrons. The molecule has 0 aliphatic heterocycles. The molecule has 0 saturated carbocycles. The first-order valence-electron chi connectivity index (χ1n) is 5.08. The van der Waals surface area contributed by atoms with Crippen molar-refractivity contribution in [3.05, 3.63) is 17.0 Å². The molecule has 5 heteroatoms. The van der Waals surface area contributed by atoms with E-state index in [1.807, 2.05) is 20.8 Å². The summed E-state index contributed by atoms with van der Waals surface area (Å²) in [4.78, 5) is 8.83. The maximum atomic E-state index is 5.11. The molecule has 0 aliphatic rings. The summed E-state index contributed by atoms with van der Waals surface area (Å²) in [6, 6.07) is 0. The first-order chi connectivity index (χ1) is 7.58. The largest absolute Gasteiger partial charge is 0.355 e. The van der Waals surface area contributed by atoms with Crippen molar-refractivity contribution in [1.29, 1.82) is 0 Å². The average molecular weight is 242 g/mol. The third-order valence-electron chi connectivity index (χ3n) is 2.49. The highest BCUT2D eigenvalue weighted by atomic mass is 32.2. The van der Waals surface area contributed by atoms with Crippen molar-refractivity contribution in [2.24, 2.45) is 0 Å². The molecule has 0 aliphatic carbocycles. The minimum atomic E-state index is -0.212. The van der Waals surface area contributed by atoms with Crippen molar-refractivity contribution in [3.63, 3.8) is 0 Å². The summed E-state index contributed by atoms with van der Waals surface area (Å²) in [6.45, 7) is 6.03. The number of nitrogens with zero attached hydrogens (tertiary/aromatic N) is 2. The van der Waals surface area contributed by atoms with Crippen LogP contribution in [0.3, 0.4) is 0 Å². The molecule has 1 aromatic heterocycles. The van der Waals surface area contributed by atoms with Crippen LogP contribution in [0.1, 0.15) is 17.0 Å². The normalized spacial score (nSPS) is 11.1. The van der Waals surface area contributed by atoms with Gasteiger partial charge in [0.15, 0.2) is 11.4 Å². The van der Waals surface area contributed by atoms with Gasteiger partial charge in [-0.2, -0.15) is 0 Å². The van der Waals surface area contributed by atoms with Gasteiger partial charge in [-0.1, -0.05) is 11.8 Å². The van der Waals surface area contributed by atoms with Crippen LogP contribution in [0.4, 0.5) is 0 Å². The van der Waals surface area contributed by atoms with Crippen LogP contribution in [0.2, 0.25) is 0 Å². The van der Waals surface area contributed by atoms with Gasteiger partial charge < -0.3 is 9.47 Å². The van der Waals surface area contributed by atoms with E-state index in [-0.39, 0.29) is 6.29 Å². The molecule has 0 bridgehead atoms. The lowest BCUT2D eigenvalue weighted by molar-refractivity contribution is -0.0842. The van der Waals surface area contributed by atoms with Gasteiger partial charge in [-0.3, -0.25) is 0 Å². The molecule has 1 rings (SSSR count). The third-order valence-corrected chi connectivity index (χ3v) is 3.37. The monoisotopic (exact) mass is 242 g/mol. The molecular formula is C11H18N2O2S. The number of hydrogen-bond donors (Lipinski definition) is 0. The van der Waals surface area contributed by atoms with Gasteiger partial charge in [-0.25, -0.2) is 9.97 Å². The van der Waals surface area contributed by atoms with Crippen LogP contribution in [0, 0.1) is 20.8 Å². The van der Waals surface area contributed by atoms with Gasteiger partial charge in [0.2, 0.25) is 0 Å². The maximum absolute atomic E-state index is 5.11. The quantitative estimate of drug-likeness (QED) is 0.449. The molecule has 16 heavy (non-hydrogen) atoms. The van der Waals surface area contributed by atoms with E-state index in [0.717, 1.165) is 22.1 Å². The number of hydrogen-bond acceptors (Lipinski definition) is 5. The predicted octanol–water partition coefficient (Wildman–Crippen LogP) is 2.11. The highest BCUT2D eigenvalue weighted by Gasteiger charge is 2.09. The van der Waals surface area contributed by atoms with E-state index < -0.39 is 0 Å². The maximum Gasteiger partial charge on any atom is 0.188 e. The summed E-state index contributed by atoms with van der Waals surface area (Å²) in [5, 5.41) is 0.778. The van der Waals surface area contributed by atoms with Gasteiger partial charge in [-0.15, -0.1) is 0 Å². The van der Waals surface area contributed by atoms with Gasteiger partial charge in [0.1, 0.15) is 0 Å².